The lowest BCUT2D eigenvalue weighted by Gasteiger charge is -1.88. The van der Waals surface area contributed by atoms with Gasteiger partial charge in [0.2, 0.25) is 21.5 Å². The Balaban J connectivity index is 1.57. The fourth-order valence-electron chi connectivity index (χ4n) is 3.01. The van der Waals surface area contributed by atoms with Crippen LogP contribution in [0.4, 0.5) is 0 Å². The molecule has 0 aliphatic carbocycles. The molecule has 0 aliphatic heterocycles. The first-order chi connectivity index (χ1) is 12.9. The van der Waals surface area contributed by atoms with E-state index in [1.807, 2.05) is 36.7 Å². The van der Waals surface area contributed by atoms with Gasteiger partial charge in [0.25, 0.3) is 0 Å². The summed E-state index contributed by atoms with van der Waals surface area (Å²) in [5, 5.41) is 19.5. The molecule has 0 unspecified atom stereocenters. The van der Waals surface area contributed by atoms with Gasteiger partial charge in [-0.05, 0) is 24.3 Å². The minimum absolute atomic E-state index is 0.853. The van der Waals surface area contributed by atoms with Crippen LogP contribution in [-0.4, -0.2) is 25.6 Å². The summed E-state index contributed by atoms with van der Waals surface area (Å²) in [6.07, 6.45) is 5.62. The van der Waals surface area contributed by atoms with Crippen LogP contribution in [0.3, 0.4) is 0 Å². The second-order valence-corrected chi connectivity index (χ2v) is 7.87. The predicted molar refractivity (Wildman–Crippen MR) is 98.8 cm³/mol. The third kappa shape index (κ3) is 1.95. The normalized spacial score (nSPS) is 11.8. The van der Waals surface area contributed by atoms with E-state index in [1.54, 1.807) is 38.5 Å². The highest BCUT2D eigenvalue weighted by Gasteiger charge is 2.21. The van der Waals surface area contributed by atoms with Gasteiger partial charge in [-0.25, -0.2) is 4.98 Å². The maximum atomic E-state index is 4.39. The fraction of sp³-hybridized carbons (Fsp3) is 0. The van der Waals surface area contributed by atoms with Gasteiger partial charge in [-0.2, -0.15) is 0 Å². The SMILES string of the molecule is c1ccc2c(c1)sc1c[n+](-[n+]3cc4sc5ncccc5c4nn3)nnc12. The van der Waals surface area contributed by atoms with Crippen molar-refractivity contribution >= 4 is 63.4 Å². The van der Waals surface area contributed by atoms with Crippen LogP contribution in [0.15, 0.2) is 55.0 Å². The van der Waals surface area contributed by atoms with Crippen molar-refractivity contribution in [2.45, 2.75) is 0 Å². The maximum absolute atomic E-state index is 4.39. The second kappa shape index (κ2) is 5.16. The van der Waals surface area contributed by atoms with Crippen molar-refractivity contribution in [1.29, 1.82) is 0 Å². The van der Waals surface area contributed by atoms with E-state index in [-0.39, 0.29) is 0 Å². The number of hydrogen-bond donors (Lipinski definition) is 0. The molecule has 9 heteroatoms. The van der Waals surface area contributed by atoms with Crippen LogP contribution in [0.5, 0.6) is 0 Å². The summed E-state index contributed by atoms with van der Waals surface area (Å²) in [5.74, 6) is 0. The molecule has 0 spiro atoms. The van der Waals surface area contributed by atoms with E-state index in [2.05, 4.69) is 37.7 Å². The summed E-state index contributed by atoms with van der Waals surface area (Å²) in [7, 11) is 0. The molecular formula is C17H9N7S2+2. The molecule has 26 heavy (non-hydrogen) atoms. The van der Waals surface area contributed by atoms with Crippen LogP contribution in [0.2, 0.25) is 0 Å². The predicted octanol–water partition coefficient (Wildman–Crippen LogP) is 2.28. The van der Waals surface area contributed by atoms with Crippen molar-refractivity contribution in [1.82, 2.24) is 25.6 Å². The first-order valence-corrected chi connectivity index (χ1v) is 9.50. The fourth-order valence-corrected chi connectivity index (χ4v) is 5.06. The van der Waals surface area contributed by atoms with Gasteiger partial charge in [-0.3, -0.25) is 0 Å². The van der Waals surface area contributed by atoms with Crippen LogP contribution in [0.1, 0.15) is 0 Å². The van der Waals surface area contributed by atoms with Crippen molar-refractivity contribution in [3.8, 4) is 0 Å². The molecule has 0 atom stereocenters. The van der Waals surface area contributed by atoms with E-state index in [4.69, 9.17) is 0 Å². The minimum Gasteiger partial charge on any atom is -0.245 e. The van der Waals surface area contributed by atoms with Crippen molar-refractivity contribution < 1.29 is 9.58 Å². The summed E-state index contributed by atoms with van der Waals surface area (Å²) in [6.45, 7) is 0. The molecule has 0 saturated heterocycles. The van der Waals surface area contributed by atoms with E-state index >= 15 is 0 Å². The summed E-state index contributed by atoms with van der Waals surface area (Å²) >= 11 is 3.27. The summed E-state index contributed by atoms with van der Waals surface area (Å²) in [5.41, 5.74) is 1.76. The van der Waals surface area contributed by atoms with E-state index in [1.165, 1.54) is 4.70 Å². The molecular weight excluding hydrogens is 366 g/mol. The van der Waals surface area contributed by atoms with E-state index < -0.39 is 0 Å². The lowest BCUT2D eigenvalue weighted by molar-refractivity contribution is -1.34. The molecule has 6 aromatic rings. The third-order valence-corrected chi connectivity index (χ3v) is 6.34. The van der Waals surface area contributed by atoms with Crippen LogP contribution in [0, 0.1) is 0 Å². The Bertz CT molecular complexity index is 1340. The van der Waals surface area contributed by atoms with Crippen LogP contribution < -0.4 is 9.58 Å². The number of benzene rings is 1. The number of thiophene rings is 2. The second-order valence-electron chi connectivity index (χ2n) is 5.76. The Morgan fingerprint density at radius 3 is 2.23 bits per heavy atom. The molecule has 0 radical (unpaired) electrons. The van der Waals surface area contributed by atoms with E-state index in [0.717, 1.165) is 36.0 Å². The third-order valence-electron chi connectivity index (χ3n) is 4.21. The molecule has 5 heterocycles. The topological polar surface area (TPSA) is 72.2 Å². The average molecular weight is 375 g/mol. The maximum Gasteiger partial charge on any atom is 0.247 e. The minimum atomic E-state index is 0.853. The number of nitrogens with zero attached hydrogens (tertiary/aromatic N) is 7. The Morgan fingerprint density at radius 1 is 0.692 bits per heavy atom. The summed E-state index contributed by atoms with van der Waals surface area (Å²) < 4.78 is 3.24. The van der Waals surface area contributed by atoms with Gasteiger partial charge in [0.15, 0.2) is 12.4 Å². The van der Waals surface area contributed by atoms with Gasteiger partial charge in [-0.15, -0.1) is 22.7 Å². The lowest BCUT2D eigenvalue weighted by Crippen LogP contribution is -2.70. The standard InChI is InChI=1S/C17H9N7S2/c1-2-6-12-10(4-1)15-13(25-12)8-23(21-19-15)24-9-14-16(20-22-24)11-5-3-7-18-17(11)26-14/h1-9H/q+2. The van der Waals surface area contributed by atoms with Gasteiger partial charge in [0.05, 0.1) is 25.2 Å². The molecule has 0 saturated carbocycles. The highest BCUT2D eigenvalue weighted by atomic mass is 32.1. The molecule has 0 amide bonds. The molecule has 0 N–H and O–H groups in total. The smallest absolute Gasteiger partial charge is 0.245 e. The zero-order chi connectivity index (χ0) is 17.1. The van der Waals surface area contributed by atoms with Crippen molar-refractivity contribution in [2.75, 3.05) is 0 Å². The monoisotopic (exact) mass is 375 g/mol. The van der Waals surface area contributed by atoms with Crippen LogP contribution in [0.25, 0.3) is 40.7 Å². The van der Waals surface area contributed by atoms with Gasteiger partial charge >= 0.3 is 0 Å². The first kappa shape index (κ1) is 14.0. The van der Waals surface area contributed by atoms with Crippen LogP contribution >= 0.6 is 22.7 Å². The Labute approximate surface area is 153 Å². The molecule has 1 aromatic carbocycles. The van der Waals surface area contributed by atoms with E-state index in [9.17, 15) is 0 Å². The Hall–Kier alpha value is -3.17. The Kier molecular flexibility index (Phi) is 2.79. The highest BCUT2D eigenvalue weighted by Crippen LogP contribution is 2.31. The van der Waals surface area contributed by atoms with Gasteiger partial charge in [-0.1, -0.05) is 12.1 Å². The number of aromatic nitrogens is 7. The molecule has 6 rings (SSSR count). The van der Waals surface area contributed by atoms with Crippen molar-refractivity contribution in [2.24, 2.45) is 0 Å². The highest BCUT2D eigenvalue weighted by molar-refractivity contribution is 7.25. The van der Waals surface area contributed by atoms with Gasteiger partial charge < -0.3 is 0 Å². The largest absolute Gasteiger partial charge is 0.247 e. The average Bonchev–Trinajstić information content (AvgIpc) is 3.24. The zero-order valence-electron chi connectivity index (χ0n) is 13.1. The first-order valence-electron chi connectivity index (χ1n) is 7.87. The van der Waals surface area contributed by atoms with Crippen molar-refractivity contribution in [3.05, 3.63) is 55.0 Å². The molecule has 0 bridgehead atoms. The summed E-state index contributed by atoms with van der Waals surface area (Å²) in [6, 6.07) is 12.1. The number of fused-ring (bicyclic) bond motifs is 6. The zero-order valence-corrected chi connectivity index (χ0v) is 14.8. The lowest BCUT2D eigenvalue weighted by atomic mass is 10.2. The molecule has 0 fully saturated rings. The van der Waals surface area contributed by atoms with Gasteiger partial charge in [0, 0.05) is 16.3 Å². The van der Waals surface area contributed by atoms with Gasteiger partial charge in [0.1, 0.15) is 14.2 Å². The quantitative estimate of drug-likeness (QED) is 0.412. The number of pyridine rings is 1. The molecule has 5 aromatic heterocycles. The molecule has 7 nitrogen and oxygen atoms in total. The van der Waals surface area contributed by atoms with E-state index in [0.29, 0.717) is 0 Å². The van der Waals surface area contributed by atoms with Crippen LogP contribution in [-0.2, 0) is 0 Å². The number of hydrogen-bond acceptors (Lipinski definition) is 7. The molecule has 122 valence electrons. The van der Waals surface area contributed by atoms with Crippen molar-refractivity contribution in [3.63, 3.8) is 0 Å². The molecule has 0 aliphatic rings. The number of rotatable bonds is 1. The summed E-state index contributed by atoms with van der Waals surface area (Å²) in [4.78, 5) is 8.54. The Morgan fingerprint density at radius 2 is 1.38 bits per heavy atom.